The zero-order valence-corrected chi connectivity index (χ0v) is 10.3. The molecule has 0 N–H and O–H groups in total. The molecule has 1 unspecified atom stereocenters. The number of rotatable bonds is 3. The van der Waals surface area contributed by atoms with Crippen molar-refractivity contribution in [1.29, 1.82) is 5.26 Å². The van der Waals surface area contributed by atoms with Crippen molar-refractivity contribution in [2.45, 2.75) is 12.5 Å². The van der Waals surface area contributed by atoms with Gasteiger partial charge < -0.3 is 4.90 Å². The van der Waals surface area contributed by atoms with Crippen LogP contribution < -0.4 is 0 Å². The summed E-state index contributed by atoms with van der Waals surface area (Å²) in [5.74, 6) is 0. The van der Waals surface area contributed by atoms with Crippen molar-refractivity contribution in [2.24, 2.45) is 0 Å². The summed E-state index contributed by atoms with van der Waals surface area (Å²) < 4.78 is 0. The first-order valence-electron chi connectivity index (χ1n) is 6.16. The van der Waals surface area contributed by atoms with Crippen LogP contribution in [0.4, 0.5) is 0 Å². The predicted molar refractivity (Wildman–Crippen MR) is 68.5 cm³/mol. The standard InChI is InChI=1S/C14H19N3/c1-16-10-11-17(9-5-8-15)14(12-16)13-6-3-2-4-7-13/h2-4,6-7,14H,5,9-12H2,1H3. The van der Waals surface area contributed by atoms with E-state index in [9.17, 15) is 0 Å². The van der Waals surface area contributed by atoms with Gasteiger partial charge in [0.1, 0.15) is 0 Å². The van der Waals surface area contributed by atoms with Crippen LogP contribution in [-0.4, -0.2) is 43.0 Å². The van der Waals surface area contributed by atoms with Gasteiger partial charge in [0.25, 0.3) is 0 Å². The van der Waals surface area contributed by atoms with Crippen LogP contribution in [0.15, 0.2) is 30.3 Å². The van der Waals surface area contributed by atoms with Gasteiger partial charge in [-0.05, 0) is 12.6 Å². The first-order valence-corrected chi connectivity index (χ1v) is 6.16. The van der Waals surface area contributed by atoms with Gasteiger partial charge in [0, 0.05) is 38.6 Å². The van der Waals surface area contributed by atoms with Crippen molar-refractivity contribution in [1.82, 2.24) is 9.80 Å². The number of piperazine rings is 1. The highest BCUT2D eigenvalue weighted by Crippen LogP contribution is 2.24. The fourth-order valence-electron chi connectivity index (χ4n) is 2.41. The van der Waals surface area contributed by atoms with Crippen LogP contribution in [-0.2, 0) is 0 Å². The number of nitrogens with zero attached hydrogens (tertiary/aromatic N) is 3. The molecule has 1 aromatic rings. The van der Waals surface area contributed by atoms with Crippen LogP contribution in [0.1, 0.15) is 18.0 Å². The molecule has 0 aromatic heterocycles. The van der Waals surface area contributed by atoms with Crippen LogP contribution in [0.5, 0.6) is 0 Å². The van der Waals surface area contributed by atoms with Gasteiger partial charge in [-0.3, -0.25) is 4.90 Å². The molecule has 17 heavy (non-hydrogen) atoms. The van der Waals surface area contributed by atoms with Crippen LogP contribution >= 0.6 is 0 Å². The quantitative estimate of drug-likeness (QED) is 0.793. The van der Waals surface area contributed by atoms with Gasteiger partial charge in [0.2, 0.25) is 0 Å². The Hall–Kier alpha value is -1.37. The van der Waals surface area contributed by atoms with Gasteiger partial charge in [-0.15, -0.1) is 0 Å². The Labute approximate surface area is 103 Å². The summed E-state index contributed by atoms with van der Waals surface area (Å²) >= 11 is 0. The Bertz CT molecular complexity index is 382. The zero-order chi connectivity index (χ0) is 12.1. The van der Waals surface area contributed by atoms with E-state index in [-0.39, 0.29) is 0 Å². The molecule has 2 rings (SSSR count). The maximum absolute atomic E-state index is 8.72. The molecular formula is C14H19N3. The van der Waals surface area contributed by atoms with Crippen molar-refractivity contribution in [2.75, 3.05) is 33.2 Å². The lowest BCUT2D eigenvalue weighted by Gasteiger charge is -2.40. The molecular weight excluding hydrogens is 210 g/mol. The maximum Gasteiger partial charge on any atom is 0.0635 e. The second-order valence-corrected chi connectivity index (χ2v) is 4.63. The van der Waals surface area contributed by atoms with E-state index in [1.165, 1.54) is 5.56 Å². The molecule has 90 valence electrons. The van der Waals surface area contributed by atoms with Crippen molar-refractivity contribution >= 4 is 0 Å². The summed E-state index contributed by atoms with van der Waals surface area (Å²) in [4.78, 5) is 4.79. The van der Waals surface area contributed by atoms with Crippen LogP contribution in [0, 0.1) is 11.3 Å². The summed E-state index contributed by atoms with van der Waals surface area (Å²) in [5.41, 5.74) is 1.36. The van der Waals surface area contributed by atoms with Crippen LogP contribution in [0.2, 0.25) is 0 Å². The Morgan fingerprint density at radius 3 is 2.76 bits per heavy atom. The van der Waals surface area contributed by atoms with Crippen LogP contribution in [0.25, 0.3) is 0 Å². The zero-order valence-electron chi connectivity index (χ0n) is 10.3. The van der Waals surface area contributed by atoms with E-state index in [1.54, 1.807) is 0 Å². The molecule has 0 aliphatic carbocycles. The molecule has 1 saturated heterocycles. The molecule has 0 radical (unpaired) electrons. The van der Waals surface area contributed by atoms with Crippen molar-refractivity contribution in [3.8, 4) is 6.07 Å². The smallest absolute Gasteiger partial charge is 0.0635 e. The van der Waals surface area contributed by atoms with E-state index in [4.69, 9.17) is 5.26 Å². The van der Waals surface area contributed by atoms with E-state index in [1.807, 2.05) is 0 Å². The highest BCUT2D eigenvalue weighted by atomic mass is 15.3. The highest BCUT2D eigenvalue weighted by Gasteiger charge is 2.25. The molecule has 3 heteroatoms. The third-order valence-electron chi connectivity index (χ3n) is 3.39. The third-order valence-corrected chi connectivity index (χ3v) is 3.39. The van der Waals surface area contributed by atoms with Crippen molar-refractivity contribution in [3.63, 3.8) is 0 Å². The molecule has 0 bridgehead atoms. The third kappa shape index (κ3) is 3.06. The highest BCUT2D eigenvalue weighted by molar-refractivity contribution is 5.20. The Kier molecular flexibility index (Phi) is 4.13. The number of hydrogen-bond acceptors (Lipinski definition) is 3. The van der Waals surface area contributed by atoms with Gasteiger partial charge >= 0.3 is 0 Å². The molecule has 1 aliphatic rings. The normalized spacial score (nSPS) is 22.2. The molecule has 1 atom stereocenters. The van der Waals surface area contributed by atoms with E-state index in [0.717, 1.165) is 26.2 Å². The molecule has 1 heterocycles. The SMILES string of the molecule is CN1CCN(CCC#N)C(c2ccccc2)C1. The summed E-state index contributed by atoms with van der Waals surface area (Å²) in [6, 6.07) is 13.3. The molecule has 3 nitrogen and oxygen atoms in total. The number of benzene rings is 1. The first-order chi connectivity index (χ1) is 8.31. The molecule has 0 saturated carbocycles. The van der Waals surface area contributed by atoms with Crippen LogP contribution in [0.3, 0.4) is 0 Å². The number of nitriles is 1. The molecule has 1 aliphatic heterocycles. The fourth-order valence-corrected chi connectivity index (χ4v) is 2.41. The minimum Gasteiger partial charge on any atom is -0.303 e. The lowest BCUT2D eigenvalue weighted by molar-refractivity contribution is 0.0920. The Morgan fingerprint density at radius 1 is 1.29 bits per heavy atom. The summed E-state index contributed by atoms with van der Waals surface area (Å²) in [6.45, 7) is 4.08. The van der Waals surface area contributed by atoms with Gasteiger partial charge in [0.05, 0.1) is 6.07 Å². The molecule has 1 fully saturated rings. The van der Waals surface area contributed by atoms with E-state index in [0.29, 0.717) is 12.5 Å². The lowest BCUT2D eigenvalue weighted by Crippen LogP contribution is -2.46. The first kappa shape index (κ1) is 12.1. The Morgan fingerprint density at radius 2 is 2.06 bits per heavy atom. The molecule has 0 amide bonds. The number of likely N-dealkylation sites (N-methyl/N-ethyl adjacent to an activating group) is 1. The average Bonchev–Trinajstić information content (AvgIpc) is 2.38. The van der Waals surface area contributed by atoms with E-state index >= 15 is 0 Å². The van der Waals surface area contributed by atoms with Gasteiger partial charge in [0.15, 0.2) is 0 Å². The minimum atomic E-state index is 0.434. The second-order valence-electron chi connectivity index (χ2n) is 4.63. The summed E-state index contributed by atoms with van der Waals surface area (Å²) in [7, 11) is 2.16. The Balaban J connectivity index is 2.12. The average molecular weight is 229 g/mol. The van der Waals surface area contributed by atoms with Crippen molar-refractivity contribution < 1.29 is 0 Å². The van der Waals surface area contributed by atoms with E-state index in [2.05, 4.69) is 53.2 Å². The molecule has 1 aromatic carbocycles. The summed E-state index contributed by atoms with van der Waals surface area (Å²) in [5, 5.41) is 8.72. The van der Waals surface area contributed by atoms with Gasteiger partial charge in [-0.25, -0.2) is 0 Å². The largest absolute Gasteiger partial charge is 0.303 e. The minimum absolute atomic E-state index is 0.434. The monoisotopic (exact) mass is 229 g/mol. The van der Waals surface area contributed by atoms with Gasteiger partial charge in [-0.2, -0.15) is 5.26 Å². The van der Waals surface area contributed by atoms with E-state index < -0.39 is 0 Å². The fraction of sp³-hybridized carbons (Fsp3) is 0.500. The molecule has 0 spiro atoms. The summed E-state index contributed by atoms with van der Waals surface area (Å²) in [6.07, 6.45) is 0.618. The van der Waals surface area contributed by atoms with Crippen molar-refractivity contribution in [3.05, 3.63) is 35.9 Å². The second kappa shape index (κ2) is 5.81. The maximum atomic E-state index is 8.72. The van der Waals surface area contributed by atoms with Gasteiger partial charge in [-0.1, -0.05) is 30.3 Å². The topological polar surface area (TPSA) is 30.3 Å². The lowest BCUT2D eigenvalue weighted by atomic mass is 10.0. The number of hydrogen-bond donors (Lipinski definition) is 0. The predicted octanol–water partition coefficient (Wildman–Crippen LogP) is 1.89.